The second-order valence-corrected chi connectivity index (χ2v) is 7.65. The molecule has 0 amide bonds. The number of hydrogen-bond acceptors (Lipinski definition) is 2. The van der Waals surface area contributed by atoms with Crippen molar-refractivity contribution in [3.05, 3.63) is 77.5 Å². The van der Waals surface area contributed by atoms with Gasteiger partial charge in [-0.1, -0.05) is 36.4 Å². The third kappa shape index (κ3) is 1.99. The molecular formula is C27H19NO. The van der Waals surface area contributed by atoms with Crippen molar-refractivity contribution in [1.29, 1.82) is 0 Å². The number of hydrogen-bond donors (Lipinski definition) is 0. The molecule has 0 unspecified atom stereocenters. The minimum Gasteiger partial charge on any atom is -0.456 e. The van der Waals surface area contributed by atoms with Gasteiger partial charge in [0.2, 0.25) is 0 Å². The summed E-state index contributed by atoms with van der Waals surface area (Å²) >= 11 is 0. The molecule has 0 spiro atoms. The number of pyridine rings is 1. The van der Waals surface area contributed by atoms with Crippen LogP contribution in [-0.2, 0) is 12.7 Å². The lowest BCUT2D eigenvalue weighted by Crippen LogP contribution is -2.02. The zero-order valence-electron chi connectivity index (χ0n) is 21.6. The van der Waals surface area contributed by atoms with E-state index in [1.54, 1.807) is 18.3 Å². The molecule has 0 radical (unpaired) electrons. The minimum atomic E-state index is -2.71. The Balaban J connectivity index is 1.59. The van der Waals surface area contributed by atoms with Crippen LogP contribution in [0, 0.1) is 6.92 Å². The first-order valence-corrected chi connectivity index (χ1v) is 9.65. The van der Waals surface area contributed by atoms with E-state index in [0.29, 0.717) is 16.5 Å². The number of ether oxygens (including phenoxy) is 1. The Hall–Kier alpha value is -3.39. The molecule has 2 nitrogen and oxygen atoms in total. The summed E-state index contributed by atoms with van der Waals surface area (Å²) < 4.78 is 56.7. The van der Waals surface area contributed by atoms with Crippen LogP contribution in [0.4, 0.5) is 0 Å². The normalized spacial score (nSPS) is 22.5. The molecule has 7 rings (SSSR count). The summed E-state index contributed by atoms with van der Waals surface area (Å²) in [5, 5.41) is 5.19. The summed E-state index contributed by atoms with van der Waals surface area (Å²) in [6.45, 7) is 2.03. The lowest BCUT2D eigenvalue weighted by Gasteiger charge is -2.24. The molecule has 2 heteroatoms. The van der Waals surface area contributed by atoms with E-state index in [1.807, 2.05) is 31.2 Å². The van der Waals surface area contributed by atoms with E-state index in [-0.39, 0.29) is 11.1 Å². The third-order valence-corrected chi connectivity index (χ3v) is 6.08. The predicted molar refractivity (Wildman–Crippen MR) is 119 cm³/mol. The number of nitrogens with zero attached hydrogens (tertiary/aromatic N) is 1. The van der Waals surface area contributed by atoms with Crippen molar-refractivity contribution in [2.45, 2.75) is 26.0 Å². The first-order valence-electron chi connectivity index (χ1n) is 12.6. The van der Waals surface area contributed by atoms with Crippen molar-refractivity contribution >= 4 is 32.3 Å². The lowest BCUT2D eigenvalue weighted by atomic mass is 9.91. The number of fused-ring (bicyclic) bond motifs is 6. The topological polar surface area (TPSA) is 22.1 Å². The maximum atomic E-state index is 8.45. The average molecular weight is 379 g/mol. The second-order valence-electron chi connectivity index (χ2n) is 7.65. The molecule has 1 aliphatic carbocycles. The number of rotatable bonds is 0. The van der Waals surface area contributed by atoms with Gasteiger partial charge in [-0.05, 0) is 82.3 Å². The Bertz CT molecular complexity index is 1780. The van der Waals surface area contributed by atoms with E-state index in [1.165, 1.54) is 0 Å². The van der Waals surface area contributed by atoms with Crippen molar-refractivity contribution in [3.8, 4) is 22.8 Å². The zero-order valence-corrected chi connectivity index (χ0v) is 15.6. The molecule has 1 aromatic heterocycles. The maximum Gasteiger partial charge on any atom is 0.140 e. The largest absolute Gasteiger partial charge is 0.456 e. The van der Waals surface area contributed by atoms with Gasteiger partial charge in [0.15, 0.2) is 0 Å². The standard InChI is InChI=1S/C27H19NO/c1-15-20-8-3-2-5-18(20)13-23-26-25-21(9-10-28-26)22-12-17-7-4-6-16(17)11-19(22)14-24(25)29-27(15)23/h2-3,5,8-14H,4,6-7H2,1H3/i4D2,6D2,7D2. The van der Waals surface area contributed by atoms with Crippen LogP contribution >= 0.6 is 0 Å². The Morgan fingerprint density at radius 3 is 2.69 bits per heavy atom. The fraction of sp³-hybridized carbons (Fsp3) is 0.148. The van der Waals surface area contributed by atoms with E-state index in [4.69, 9.17) is 17.9 Å². The number of benzene rings is 4. The maximum absolute atomic E-state index is 8.45. The van der Waals surface area contributed by atoms with Gasteiger partial charge in [-0.15, -0.1) is 0 Å². The zero-order chi connectivity index (χ0) is 24.5. The SMILES string of the molecule is [2H]C1([2H])c2cc3cc4c5c(nccc5c3cc2C([2H])([2H])C1([2H])[2H])-c1cc2ccccc2c(C)c1O4. The first kappa shape index (κ1) is 11.0. The number of aromatic nitrogens is 1. The highest BCUT2D eigenvalue weighted by atomic mass is 16.5. The molecule has 29 heavy (non-hydrogen) atoms. The van der Waals surface area contributed by atoms with Gasteiger partial charge in [0.05, 0.1) is 11.1 Å². The van der Waals surface area contributed by atoms with Crippen LogP contribution < -0.4 is 4.74 Å². The van der Waals surface area contributed by atoms with Crippen LogP contribution in [-0.4, -0.2) is 4.98 Å². The van der Waals surface area contributed by atoms with Crippen LogP contribution in [0.2, 0.25) is 0 Å². The molecule has 138 valence electrons. The fourth-order valence-electron chi connectivity index (χ4n) is 4.70. The Kier molecular flexibility index (Phi) is 2.03. The molecule has 0 saturated heterocycles. The van der Waals surface area contributed by atoms with E-state index < -0.39 is 19.1 Å². The lowest BCUT2D eigenvalue weighted by molar-refractivity contribution is 0.484. The minimum absolute atomic E-state index is 0.0409. The van der Waals surface area contributed by atoms with Gasteiger partial charge in [-0.2, -0.15) is 0 Å². The fourth-order valence-corrected chi connectivity index (χ4v) is 4.70. The number of aryl methyl sites for hydroxylation is 3. The van der Waals surface area contributed by atoms with Gasteiger partial charge < -0.3 is 4.74 Å². The molecule has 0 atom stereocenters. The first-order chi connectivity index (χ1) is 16.5. The summed E-state index contributed by atoms with van der Waals surface area (Å²) in [5.74, 6) is 1.34. The van der Waals surface area contributed by atoms with Crippen LogP contribution in [0.3, 0.4) is 0 Å². The molecule has 2 heterocycles. The van der Waals surface area contributed by atoms with Gasteiger partial charge in [-0.3, -0.25) is 4.98 Å². The van der Waals surface area contributed by atoms with Crippen molar-refractivity contribution < 1.29 is 13.0 Å². The molecule has 2 aliphatic rings. The monoisotopic (exact) mass is 379 g/mol. The molecule has 0 saturated carbocycles. The molecule has 0 fully saturated rings. The Morgan fingerprint density at radius 1 is 0.897 bits per heavy atom. The summed E-state index contributed by atoms with van der Waals surface area (Å²) in [5.41, 5.74) is 2.77. The smallest absolute Gasteiger partial charge is 0.140 e. The quantitative estimate of drug-likeness (QED) is 0.262. The Morgan fingerprint density at radius 2 is 1.76 bits per heavy atom. The van der Waals surface area contributed by atoms with E-state index in [0.717, 1.165) is 44.1 Å². The van der Waals surface area contributed by atoms with Crippen molar-refractivity contribution in [1.82, 2.24) is 4.98 Å². The van der Waals surface area contributed by atoms with Crippen LogP contribution in [0.5, 0.6) is 11.5 Å². The summed E-state index contributed by atoms with van der Waals surface area (Å²) in [6.07, 6.45) is -5.93. The predicted octanol–water partition coefficient (Wildman–Crippen LogP) is 7.11. The third-order valence-electron chi connectivity index (χ3n) is 6.08. The second kappa shape index (κ2) is 5.36. The Labute approximate surface area is 177 Å². The highest BCUT2D eigenvalue weighted by molar-refractivity contribution is 6.16. The molecule has 4 aromatic carbocycles. The molecule has 1 aliphatic heterocycles. The van der Waals surface area contributed by atoms with E-state index in [2.05, 4.69) is 18.2 Å². The van der Waals surface area contributed by atoms with E-state index in [9.17, 15) is 0 Å². The van der Waals surface area contributed by atoms with Gasteiger partial charge in [0.1, 0.15) is 11.5 Å². The summed E-state index contributed by atoms with van der Waals surface area (Å²) in [6, 6.07) is 17.1. The molecule has 0 bridgehead atoms. The van der Waals surface area contributed by atoms with Crippen LogP contribution in [0.1, 0.15) is 31.3 Å². The van der Waals surface area contributed by atoms with Crippen LogP contribution in [0.25, 0.3) is 43.6 Å². The van der Waals surface area contributed by atoms with Gasteiger partial charge in [0, 0.05) is 25.5 Å². The van der Waals surface area contributed by atoms with Gasteiger partial charge in [0.25, 0.3) is 0 Å². The molecule has 0 N–H and O–H groups in total. The average Bonchev–Trinajstić information content (AvgIpc) is 2.93. The van der Waals surface area contributed by atoms with Crippen molar-refractivity contribution in [2.75, 3.05) is 0 Å². The molecule has 5 aromatic rings. The van der Waals surface area contributed by atoms with Crippen molar-refractivity contribution in [2.24, 2.45) is 0 Å². The highest BCUT2D eigenvalue weighted by Crippen LogP contribution is 2.50. The van der Waals surface area contributed by atoms with Gasteiger partial charge >= 0.3 is 0 Å². The van der Waals surface area contributed by atoms with E-state index >= 15 is 0 Å². The van der Waals surface area contributed by atoms with Gasteiger partial charge in [-0.25, -0.2) is 0 Å². The summed E-state index contributed by atoms with van der Waals surface area (Å²) in [4.78, 5) is 4.71. The molecular weight excluding hydrogens is 354 g/mol. The highest BCUT2D eigenvalue weighted by Gasteiger charge is 2.25. The van der Waals surface area contributed by atoms with Crippen molar-refractivity contribution in [3.63, 3.8) is 0 Å². The summed E-state index contributed by atoms with van der Waals surface area (Å²) in [7, 11) is 0. The van der Waals surface area contributed by atoms with Crippen LogP contribution in [0.15, 0.2) is 60.8 Å².